The number of ketones is 1. The molecule has 5 rings (SSSR count). The molecule has 4 heterocycles. The van der Waals surface area contributed by atoms with Crippen LogP contribution in [-0.4, -0.2) is 82.8 Å². The van der Waals surface area contributed by atoms with Crippen molar-refractivity contribution in [3.05, 3.63) is 46.2 Å². The maximum atomic E-state index is 11.7. The Morgan fingerprint density at radius 2 is 1.73 bits per heavy atom. The van der Waals surface area contributed by atoms with Gasteiger partial charge in [-0.15, -0.1) is 0 Å². The number of amides is 1. The maximum Gasteiger partial charge on any atom is 0.222 e. The molecule has 45 heavy (non-hydrogen) atoms. The minimum absolute atomic E-state index is 0.145. The van der Waals surface area contributed by atoms with Gasteiger partial charge in [-0.25, -0.2) is 15.2 Å². The number of likely N-dealkylation sites (tertiary alicyclic amines) is 1. The first kappa shape index (κ1) is 37.9. The van der Waals surface area contributed by atoms with Crippen molar-refractivity contribution >= 4 is 34.9 Å². The van der Waals surface area contributed by atoms with E-state index in [4.69, 9.17) is 22.6 Å². The summed E-state index contributed by atoms with van der Waals surface area (Å²) in [4.78, 5) is 38.5. The first-order valence-corrected chi connectivity index (χ1v) is 16.7. The molecule has 2 aromatic rings. The summed E-state index contributed by atoms with van der Waals surface area (Å²) >= 11 is 6.40. The van der Waals surface area contributed by atoms with E-state index in [1.54, 1.807) is 0 Å². The number of nitrogens with one attached hydrogen (secondary N) is 1. The second-order valence-corrected chi connectivity index (χ2v) is 12.1. The van der Waals surface area contributed by atoms with Gasteiger partial charge in [0, 0.05) is 64.2 Å². The van der Waals surface area contributed by atoms with Crippen LogP contribution in [0, 0.1) is 24.7 Å². The van der Waals surface area contributed by atoms with Gasteiger partial charge in [-0.1, -0.05) is 69.1 Å². The molecule has 0 spiro atoms. The number of hydrogen-bond donors (Lipinski definition) is 2. The standard InChI is InChI=1S/C25H35ClN6O.C6H11NO.C2H6.CHN/c1-4-20-16-31(25-23(26)28-22(18(3)33)24(27)29-25)13-14-32(20)21-9-11-30(12-10-21)15-19-7-5-17(2)6-8-19;1-5-3-2-4-7-6(5)8;2*1-2/h5-8,20-21H,4,9-16H2,1-3H3,(H2,27,29);5H,2-4H2,1H3,(H,7,8);1-2H3;1H. The van der Waals surface area contributed by atoms with Crippen LogP contribution >= 0.6 is 11.6 Å². The Kier molecular flexibility index (Phi) is 16.3. The third kappa shape index (κ3) is 10.9. The molecule has 11 heteroatoms. The van der Waals surface area contributed by atoms with Gasteiger partial charge in [0.2, 0.25) is 5.91 Å². The Morgan fingerprint density at radius 3 is 2.27 bits per heavy atom. The molecular weight excluding hydrogens is 588 g/mol. The normalized spacial score (nSPS) is 20.7. The van der Waals surface area contributed by atoms with Gasteiger partial charge in [-0.3, -0.25) is 19.4 Å². The number of halogens is 1. The van der Waals surface area contributed by atoms with Crippen LogP contribution in [0.2, 0.25) is 5.15 Å². The Labute approximate surface area is 275 Å². The SMILES string of the molecule is C#N.CC.CC1CCCNC1=O.CCC1CN(c2nc(N)c(C(C)=O)nc2Cl)CCN1C1CCN(Cc2ccc(C)cc2)CC1. The predicted octanol–water partition coefficient (Wildman–Crippen LogP) is 5.49. The first-order valence-electron chi connectivity index (χ1n) is 16.3. The van der Waals surface area contributed by atoms with Crippen molar-refractivity contribution in [2.45, 2.75) is 92.3 Å². The van der Waals surface area contributed by atoms with E-state index in [0.29, 0.717) is 17.9 Å². The molecule has 1 amide bonds. The average Bonchev–Trinajstić information content (AvgIpc) is 3.06. The summed E-state index contributed by atoms with van der Waals surface area (Å²) in [6.07, 6.45) is 5.66. The maximum absolute atomic E-state index is 11.7. The van der Waals surface area contributed by atoms with Gasteiger partial charge in [0.05, 0.1) is 0 Å². The second-order valence-electron chi connectivity index (χ2n) is 11.7. The van der Waals surface area contributed by atoms with Gasteiger partial charge in [-0.05, 0) is 57.7 Å². The molecule has 0 aliphatic carbocycles. The summed E-state index contributed by atoms with van der Waals surface area (Å²) in [7, 11) is 0. The monoisotopic (exact) mass is 640 g/mol. The number of rotatable bonds is 6. The summed E-state index contributed by atoms with van der Waals surface area (Å²) in [5.74, 6) is 0.988. The van der Waals surface area contributed by atoms with Crippen molar-refractivity contribution in [3.8, 4) is 6.57 Å². The third-order valence-electron chi connectivity index (χ3n) is 8.61. The lowest BCUT2D eigenvalue weighted by Crippen LogP contribution is -2.58. The van der Waals surface area contributed by atoms with Gasteiger partial charge >= 0.3 is 0 Å². The predicted molar refractivity (Wildman–Crippen MR) is 183 cm³/mol. The van der Waals surface area contributed by atoms with Crippen LogP contribution in [0.15, 0.2) is 24.3 Å². The molecule has 248 valence electrons. The minimum atomic E-state index is -0.224. The van der Waals surface area contributed by atoms with E-state index >= 15 is 0 Å². The molecule has 3 saturated heterocycles. The highest BCUT2D eigenvalue weighted by Crippen LogP contribution is 2.30. The highest BCUT2D eigenvalue weighted by molar-refractivity contribution is 6.32. The van der Waals surface area contributed by atoms with Gasteiger partial charge in [0.1, 0.15) is 5.69 Å². The first-order chi connectivity index (χ1) is 21.7. The van der Waals surface area contributed by atoms with Crippen LogP contribution in [0.5, 0.6) is 0 Å². The van der Waals surface area contributed by atoms with E-state index in [2.05, 4.69) is 74.7 Å². The molecule has 3 N–H and O–H groups in total. The number of hydrogen-bond acceptors (Lipinski definition) is 9. The van der Waals surface area contributed by atoms with Crippen molar-refractivity contribution in [2.24, 2.45) is 5.92 Å². The molecule has 2 unspecified atom stereocenters. The zero-order valence-corrected chi connectivity index (χ0v) is 28.8. The Hall–Kier alpha value is -3.26. The minimum Gasteiger partial charge on any atom is -0.382 e. The van der Waals surface area contributed by atoms with E-state index in [1.165, 1.54) is 30.9 Å². The number of carbonyl (C=O) groups excluding carboxylic acids is 2. The van der Waals surface area contributed by atoms with E-state index in [0.717, 1.165) is 65.1 Å². The fourth-order valence-corrected chi connectivity index (χ4v) is 6.32. The number of nitriles is 1. The second kappa shape index (κ2) is 19.3. The van der Waals surface area contributed by atoms with E-state index in [1.807, 2.05) is 20.8 Å². The summed E-state index contributed by atoms with van der Waals surface area (Å²) in [5.41, 5.74) is 8.84. The molecule has 0 bridgehead atoms. The van der Waals surface area contributed by atoms with Gasteiger partial charge in [-0.2, -0.15) is 0 Å². The van der Waals surface area contributed by atoms with E-state index in [9.17, 15) is 9.59 Å². The molecule has 3 fully saturated rings. The highest BCUT2D eigenvalue weighted by atomic mass is 35.5. The summed E-state index contributed by atoms with van der Waals surface area (Å²) in [5, 5.41) is 9.54. The molecule has 3 aliphatic rings. The highest BCUT2D eigenvalue weighted by Gasteiger charge is 2.34. The molecule has 10 nitrogen and oxygen atoms in total. The van der Waals surface area contributed by atoms with Crippen LogP contribution in [0.4, 0.5) is 11.6 Å². The molecule has 0 radical (unpaired) electrons. The number of Topliss-reactive ketones (excluding diaryl/α,β-unsaturated/α-hetero) is 1. The third-order valence-corrected chi connectivity index (χ3v) is 8.86. The topological polar surface area (TPSA) is 131 Å². The van der Waals surface area contributed by atoms with E-state index in [-0.39, 0.29) is 34.3 Å². The number of anilines is 2. The number of aromatic nitrogens is 2. The smallest absolute Gasteiger partial charge is 0.222 e. The average molecular weight is 641 g/mol. The van der Waals surface area contributed by atoms with Crippen LogP contribution in [-0.2, 0) is 11.3 Å². The van der Waals surface area contributed by atoms with Gasteiger partial charge in [0.25, 0.3) is 0 Å². The Morgan fingerprint density at radius 1 is 1.09 bits per heavy atom. The molecule has 3 aliphatic heterocycles. The number of piperidine rings is 2. The van der Waals surface area contributed by atoms with Crippen molar-refractivity contribution in [1.82, 2.24) is 25.1 Å². The molecule has 2 atom stereocenters. The number of nitrogens with two attached hydrogens (primary N) is 1. The van der Waals surface area contributed by atoms with Crippen LogP contribution < -0.4 is 16.0 Å². The lowest BCUT2D eigenvalue weighted by atomic mass is 9.98. The summed E-state index contributed by atoms with van der Waals surface area (Å²) < 4.78 is 0. The van der Waals surface area contributed by atoms with E-state index < -0.39 is 0 Å². The van der Waals surface area contributed by atoms with Crippen molar-refractivity contribution in [2.75, 3.05) is 49.9 Å². The van der Waals surface area contributed by atoms with Crippen LogP contribution in [0.1, 0.15) is 88.3 Å². The van der Waals surface area contributed by atoms with Crippen LogP contribution in [0.3, 0.4) is 0 Å². The lowest BCUT2D eigenvalue weighted by Gasteiger charge is -2.47. The number of carbonyl (C=O) groups is 2. The largest absolute Gasteiger partial charge is 0.382 e. The lowest BCUT2D eigenvalue weighted by molar-refractivity contribution is -0.125. The zero-order chi connectivity index (χ0) is 33.5. The Balaban J connectivity index is 0.000000500. The number of benzene rings is 1. The number of nitrogens with zero attached hydrogens (tertiary/aromatic N) is 6. The number of piperazine rings is 1. The van der Waals surface area contributed by atoms with Crippen molar-refractivity contribution < 1.29 is 9.59 Å². The fraction of sp³-hybridized carbons (Fsp3) is 0.618. The quantitative estimate of drug-likeness (QED) is 0.394. The van der Waals surface area contributed by atoms with Crippen molar-refractivity contribution in [1.29, 1.82) is 5.26 Å². The zero-order valence-electron chi connectivity index (χ0n) is 28.1. The molecule has 1 aromatic heterocycles. The molecular formula is C34H53ClN8O2. The van der Waals surface area contributed by atoms with Crippen LogP contribution in [0.25, 0.3) is 0 Å². The summed E-state index contributed by atoms with van der Waals surface area (Å²) in [6, 6.07) is 9.93. The fourth-order valence-electron chi connectivity index (χ4n) is 6.07. The summed E-state index contributed by atoms with van der Waals surface area (Å²) in [6.45, 7) is 22.1. The van der Waals surface area contributed by atoms with Crippen molar-refractivity contribution in [3.63, 3.8) is 0 Å². The Bertz CT molecular complexity index is 1230. The van der Waals surface area contributed by atoms with Gasteiger partial charge < -0.3 is 16.0 Å². The number of aryl methyl sites for hydroxylation is 1. The van der Waals surface area contributed by atoms with Gasteiger partial charge in [0.15, 0.2) is 22.6 Å². The molecule has 0 saturated carbocycles. The number of nitrogen functional groups attached to an aromatic ring is 1. The molecule has 1 aromatic carbocycles.